The summed E-state index contributed by atoms with van der Waals surface area (Å²) in [6.07, 6.45) is 8.90. The highest BCUT2D eigenvalue weighted by Gasteiger charge is 2.29. The molecule has 1 saturated heterocycles. The Morgan fingerprint density at radius 3 is 2.29 bits per heavy atom. The first-order valence-corrected chi connectivity index (χ1v) is 6.98. The summed E-state index contributed by atoms with van der Waals surface area (Å²) in [6, 6.07) is 0. The highest BCUT2D eigenvalue weighted by molar-refractivity contribution is 14.1. The summed E-state index contributed by atoms with van der Waals surface area (Å²) in [5.74, 6) is 0. The predicted molar refractivity (Wildman–Crippen MR) is 65.0 cm³/mol. The van der Waals surface area contributed by atoms with E-state index in [0.29, 0.717) is 16.1 Å². The van der Waals surface area contributed by atoms with Gasteiger partial charge in [-0.3, -0.25) is 0 Å². The first kappa shape index (κ1) is 11.1. The summed E-state index contributed by atoms with van der Waals surface area (Å²) >= 11 is 2.45. The molecule has 2 unspecified atom stereocenters. The third-order valence-corrected chi connectivity index (χ3v) is 4.29. The molecule has 0 aromatic rings. The molecule has 0 bridgehead atoms. The minimum absolute atomic E-state index is 0.360. The normalized spacial score (nSPS) is 35.8. The fourth-order valence-corrected chi connectivity index (χ4v) is 2.89. The van der Waals surface area contributed by atoms with Gasteiger partial charge in [0.1, 0.15) is 0 Å². The number of alkyl halides is 1. The summed E-state index contributed by atoms with van der Waals surface area (Å²) in [7, 11) is 0. The molecule has 0 aromatic carbocycles. The minimum Gasteiger partial charge on any atom is -0.378 e. The van der Waals surface area contributed by atoms with Crippen molar-refractivity contribution >= 4 is 22.6 Å². The fourth-order valence-electron chi connectivity index (χ4n) is 2.26. The van der Waals surface area contributed by atoms with Crippen LogP contribution >= 0.6 is 22.6 Å². The number of hydrogen-bond acceptors (Lipinski definition) is 2. The minimum atomic E-state index is 0.360. The number of ether oxygens (including phenoxy) is 2. The molecule has 14 heavy (non-hydrogen) atoms. The molecule has 3 heteroatoms. The van der Waals surface area contributed by atoms with Crippen LogP contribution in [0.2, 0.25) is 0 Å². The highest BCUT2D eigenvalue weighted by atomic mass is 127. The van der Waals surface area contributed by atoms with Gasteiger partial charge in [0.15, 0.2) is 0 Å². The van der Waals surface area contributed by atoms with E-state index in [1.807, 2.05) is 0 Å². The summed E-state index contributed by atoms with van der Waals surface area (Å²) in [4.78, 5) is 0. The monoisotopic (exact) mass is 310 g/mol. The Bertz CT molecular complexity index is 167. The van der Waals surface area contributed by atoms with E-state index in [4.69, 9.17) is 9.47 Å². The standard InChI is InChI=1S/C11H19IO2/c12-10-7-13-8-11(10)14-9-5-3-1-2-4-6-9/h9-11H,1-8H2. The van der Waals surface area contributed by atoms with Crippen molar-refractivity contribution in [3.8, 4) is 0 Å². The average molecular weight is 310 g/mol. The van der Waals surface area contributed by atoms with E-state index in [1.54, 1.807) is 0 Å². The molecule has 1 saturated carbocycles. The molecule has 2 fully saturated rings. The summed E-state index contributed by atoms with van der Waals surface area (Å²) in [5, 5.41) is 0. The number of hydrogen-bond donors (Lipinski definition) is 0. The lowest BCUT2D eigenvalue weighted by Crippen LogP contribution is -2.28. The van der Waals surface area contributed by atoms with Gasteiger partial charge in [-0.05, 0) is 12.8 Å². The Morgan fingerprint density at radius 2 is 1.71 bits per heavy atom. The molecule has 2 nitrogen and oxygen atoms in total. The van der Waals surface area contributed by atoms with E-state index in [-0.39, 0.29) is 0 Å². The van der Waals surface area contributed by atoms with Crippen LogP contribution in [0.5, 0.6) is 0 Å². The van der Waals surface area contributed by atoms with Gasteiger partial charge in [0, 0.05) is 0 Å². The van der Waals surface area contributed by atoms with Crippen molar-refractivity contribution in [3.05, 3.63) is 0 Å². The van der Waals surface area contributed by atoms with E-state index in [1.165, 1.54) is 38.5 Å². The molecule has 2 atom stereocenters. The van der Waals surface area contributed by atoms with Crippen LogP contribution in [0.3, 0.4) is 0 Å². The topological polar surface area (TPSA) is 18.5 Å². The summed E-state index contributed by atoms with van der Waals surface area (Å²) < 4.78 is 12.1. The van der Waals surface area contributed by atoms with Crippen LogP contribution in [-0.4, -0.2) is 29.3 Å². The third-order valence-electron chi connectivity index (χ3n) is 3.13. The zero-order valence-electron chi connectivity index (χ0n) is 8.58. The average Bonchev–Trinajstić information content (AvgIpc) is 2.44. The van der Waals surface area contributed by atoms with Crippen molar-refractivity contribution in [2.45, 2.75) is 54.7 Å². The Labute approximate surface area is 99.9 Å². The Balaban J connectivity index is 1.77. The smallest absolute Gasteiger partial charge is 0.0951 e. The van der Waals surface area contributed by atoms with Gasteiger partial charge >= 0.3 is 0 Å². The van der Waals surface area contributed by atoms with E-state index in [2.05, 4.69) is 22.6 Å². The maximum Gasteiger partial charge on any atom is 0.0951 e. The molecule has 0 amide bonds. The third kappa shape index (κ3) is 3.07. The Morgan fingerprint density at radius 1 is 1.00 bits per heavy atom. The van der Waals surface area contributed by atoms with Gasteiger partial charge < -0.3 is 9.47 Å². The molecule has 2 rings (SSSR count). The van der Waals surface area contributed by atoms with E-state index >= 15 is 0 Å². The van der Waals surface area contributed by atoms with Crippen LogP contribution < -0.4 is 0 Å². The van der Waals surface area contributed by atoms with Gasteiger partial charge in [0.05, 0.1) is 29.3 Å². The first-order chi connectivity index (χ1) is 6.86. The van der Waals surface area contributed by atoms with Crippen LogP contribution in [0.15, 0.2) is 0 Å². The van der Waals surface area contributed by atoms with Gasteiger partial charge in [-0.15, -0.1) is 0 Å². The molecule has 1 aliphatic heterocycles. The zero-order chi connectivity index (χ0) is 9.80. The van der Waals surface area contributed by atoms with E-state index in [9.17, 15) is 0 Å². The molecular formula is C11H19IO2. The molecule has 0 radical (unpaired) electrons. The lowest BCUT2D eigenvalue weighted by molar-refractivity contribution is -0.0193. The second-order valence-electron chi connectivity index (χ2n) is 4.34. The van der Waals surface area contributed by atoms with Crippen molar-refractivity contribution in [3.63, 3.8) is 0 Å². The van der Waals surface area contributed by atoms with Crippen LogP contribution in [0.1, 0.15) is 38.5 Å². The van der Waals surface area contributed by atoms with Crippen molar-refractivity contribution in [2.75, 3.05) is 13.2 Å². The SMILES string of the molecule is IC1COCC1OC1CCCCCC1. The maximum atomic E-state index is 6.11. The van der Waals surface area contributed by atoms with Gasteiger partial charge in [0.2, 0.25) is 0 Å². The zero-order valence-corrected chi connectivity index (χ0v) is 10.7. The Kier molecular flexibility index (Phi) is 4.50. The quantitative estimate of drug-likeness (QED) is 0.443. The summed E-state index contributed by atoms with van der Waals surface area (Å²) in [5.41, 5.74) is 0. The molecule has 1 heterocycles. The van der Waals surface area contributed by atoms with Crippen molar-refractivity contribution in [1.82, 2.24) is 0 Å². The van der Waals surface area contributed by atoms with Gasteiger partial charge in [-0.2, -0.15) is 0 Å². The number of rotatable bonds is 2. The Hall–Kier alpha value is 0.650. The molecular weight excluding hydrogens is 291 g/mol. The number of halogens is 1. The first-order valence-electron chi connectivity index (χ1n) is 5.73. The lowest BCUT2D eigenvalue weighted by Gasteiger charge is -2.21. The van der Waals surface area contributed by atoms with Crippen LogP contribution in [0, 0.1) is 0 Å². The summed E-state index contributed by atoms with van der Waals surface area (Å²) in [6.45, 7) is 1.68. The van der Waals surface area contributed by atoms with Gasteiger partial charge in [-0.1, -0.05) is 48.3 Å². The van der Waals surface area contributed by atoms with Crippen LogP contribution in [-0.2, 0) is 9.47 Å². The fraction of sp³-hybridized carbons (Fsp3) is 1.00. The van der Waals surface area contributed by atoms with Gasteiger partial charge in [0.25, 0.3) is 0 Å². The molecule has 0 N–H and O–H groups in total. The molecule has 1 aliphatic carbocycles. The van der Waals surface area contributed by atoms with Gasteiger partial charge in [-0.25, -0.2) is 0 Å². The molecule has 82 valence electrons. The molecule has 0 spiro atoms. The van der Waals surface area contributed by atoms with Crippen molar-refractivity contribution in [1.29, 1.82) is 0 Å². The van der Waals surface area contributed by atoms with Crippen LogP contribution in [0.4, 0.5) is 0 Å². The predicted octanol–water partition coefficient (Wildman–Crippen LogP) is 2.93. The van der Waals surface area contributed by atoms with Crippen molar-refractivity contribution in [2.24, 2.45) is 0 Å². The van der Waals surface area contributed by atoms with Crippen LogP contribution in [0.25, 0.3) is 0 Å². The van der Waals surface area contributed by atoms with Crippen molar-refractivity contribution < 1.29 is 9.47 Å². The molecule has 0 aromatic heterocycles. The second-order valence-corrected chi connectivity index (χ2v) is 5.94. The van der Waals surface area contributed by atoms with E-state index in [0.717, 1.165) is 13.2 Å². The highest BCUT2D eigenvalue weighted by Crippen LogP contribution is 2.25. The lowest BCUT2D eigenvalue weighted by atomic mass is 10.1. The van der Waals surface area contributed by atoms with E-state index < -0.39 is 0 Å². The second kappa shape index (κ2) is 5.66. The molecule has 2 aliphatic rings. The largest absolute Gasteiger partial charge is 0.378 e. The maximum absolute atomic E-state index is 6.11.